The number of benzene rings is 1. The number of piperidine rings is 2. The lowest BCUT2D eigenvalue weighted by molar-refractivity contribution is 0.0507. The van der Waals surface area contributed by atoms with Gasteiger partial charge in [-0.3, -0.25) is 19.7 Å². The van der Waals surface area contributed by atoms with E-state index in [-0.39, 0.29) is 29.8 Å². The highest BCUT2D eigenvalue weighted by Gasteiger charge is 2.34. The molecule has 33 heavy (non-hydrogen) atoms. The van der Waals surface area contributed by atoms with E-state index in [4.69, 9.17) is 0 Å². The molecule has 2 aliphatic rings. The van der Waals surface area contributed by atoms with Crippen LogP contribution in [0.4, 0.5) is 0 Å². The molecule has 2 amide bonds. The van der Waals surface area contributed by atoms with Crippen molar-refractivity contribution in [3.05, 3.63) is 59.7 Å². The van der Waals surface area contributed by atoms with Crippen molar-refractivity contribution in [3.63, 3.8) is 0 Å². The number of carbonyl (C=O) groups is 2. The molecular weight excluding hydrogens is 414 g/mol. The van der Waals surface area contributed by atoms with Crippen molar-refractivity contribution in [2.24, 2.45) is 0 Å². The SMILES string of the molecule is C[C@H]1CCC[C@H](C)N1C(=O)c1cn[nH]c1C1CCN(C(=O)c2nccc3ccccc23)CC1. The Bertz CT molecular complexity index is 1150. The van der Waals surface area contributed by atoms with Crippen molar-refractivity contribution in [1.29, 1.82) is 0 Å². The number of aromatic nitrogens is 3. The van der Waals surface area contributed by atoms with E-state index in [0.717, 1.165) is 42.1 Å². The molecule has 0 spiro atoms. The van der Waals surface area contributed by atoms with Crippen LogP contribution in [0.15, 0.2) is 42.7 Å². The molecule has 1 N–H and O–H groups in total. The Morgan fingerprint density at radius 2 is 1.70 bits per heavy atom. The lowest BCUT2D eigenvalue weighted by Crippen LogP contribution is -2.47. The molecule has 2 atom stereocenters. The number of nitrogens with zero attached hydrogens (tertiary/aromatic N) is 4. The molecule has 3 aromatic rings. The number of fused-ring (bicyclic) bond motifs is 1. The van der Waals surface area contributed by atoms with Crippen molar-refractivity contribution in [1.82, 2.24) is 25.0 Å². The molecule has 0 unspecified atom stereocenters. The van der Waals surface area contributed by atoms with E-state index in [1.54, 1.807) is 12.4 Å². The molecule has 7 heteroatoms. The molecule has 4 heterocycles. The second-order valence-corrected chi connectivity index (χ2v) is 9.49. The molecule has 172 valence electrons. The number of H-pyrrole nitrogens is 1. The molecule has 0 radical (unpaired) electrons. The van der Waals surface area contributed by atoms with Gasteiger partial charge in [0.25, 0.3) is 11.8 Å². The summed E-state index contributed by atoms with van der Waals surface area (Å²) in [5, 5.41) is 9.26. The van der Waals surface area contributed by atoms with Crippen molar-refractivity contribution < 1.29 is 9.59 Å². The number of rotatable bonds is 3. The third-order valence-corrected chi connectivity index (χ3v) is 7.39. The van der Waals surface area contributed by atoms with Crippen LogP contribution in [0.1, 0.15) is 78.4 Å². The van der Waals surface area contributed by atoms with Gasteiger partial charge < -0.3 is 9.80 Å². The Morgan fingerprint density at radius 1 is 0.970 bits per heavy atom. The fraction of sp³-hybridized carbons (Fsp3) is 0.462. The number of hydrogen-bond acceptors (Lipinski definition) is 4. The van der Waals surface area contributed by atoms with Crippen LogP contribution in [0.3, 0.4) is 0 Å². The Morgan fingerprint density at radius 3 is 2.45 bits per heavy atom. The minimum absolute atomic E-state index is 0.0258. The number of hydrogen-bond donors (Lipinski definition) is 1. The summed E-state index contributed by atoms with van der Waals surface area (Å²) in [5.41, 5.74) is 2.12. The monoisotopic (exact) mass is 445 g/mol. The van der Waals surface area contributed by atoms with Gasteiger partial charge in [-0.1, -0.05) is 24.3 Å². The first-order valence-electron chi connectivity index (χ1n) is 12.0. The zero-order chi connectivity index (χ0) is 22.9. The van der Waals surface area contributed by atoms with Gasteiger partial charge in [-0.2, -0.15) is 5.10 Å². The molecule has 2 saturated heterocycles. The van der Waals surface area contributed by atoms with Gasteiger partial charge in [-0.15, -0.1) is 0 Å². The normalized spacial score (nSPS) is 22.0. The molecule has 5 rings (SSSR count). The number of likely N-dealkylation sites (tertiary alicyclic amines) is 2. The van der Waals surface area contributed by atoms with Crippen LogP contribution >= 0.6 is 0 Å². The third kappa shape index (κ3) is 4.01. The Kier molecular flexibility index (Phi) is 5.87. The van der Waals surface area contributed by atoms with Gasteiger partial charge in [0.15, 0.2) is 0 Å². The van der Waals surface area contributed by atoms with Crippen LogP contribution in [-0.4, -0.2) is 62.0 Å². The average molecular weight is 446 g/mol. The van der Waals surface area contributed by atoms with E-state index >= 15 is 0 Å². The van der Waals surface area contributed by atoms with Gasteiger partial charge in [0.05, 0.1) is 17.5 Å². The minimum Gasteiger partial charge on any atom is -0.337 e. The summed E-state index contributed by atoms with van der Waals surface area (Å²) in [6.07, 6.45) is 8.24. The van der Waals surface area contributed by atoms with Gasteiger partial charge in [0.1, 0.15) is 5.69 Å². The fourth-order valence-corrected chi connectivity index (χ4v) is 5.55. The largest absolute Gasteiger partial charge is 0.337 e. The van der Waals surface area contributed by atoms with Crippen LogP contribution in [0.25, 0.3) is 10.8 Å². The molecule has 0 saturated carbocycles. The smallest absolute Gasteiger partial charge is 0.273 e. The molecule has 2 aromatic heterocycles. The van der Waals surface area contributed by atoms with Crippen LogP contribution in [0.5, 0.6) is 0 Å². The third-order valence-electron chi connectivity index (χ3n) is 7.39. The minimum atomic E-state index is -0.0258. The number of carbonyl (C=O) groups excluding carboxylic acids is 2. The summed E-state index contributed by atoms with van der Waals surface area (Å²) in [5.74, 6) is 0.241. The van der Waals surface area contributed by atoms with E-state index in [1.807, 2.05) is 40.1 Å². The lowest BCUT2D eigenvalue weighted by Gasteiger charge is -2.39. The molecule has 2 fully saturated rings. The van der Waals surface area contributed by atoms with Crippen molar-refractivity contribution in [3.8, 4) is 0 Å². The predicted molar refractivity (Wildman–Crippen MR) is 127 cm³/mol. The number of pyridine rings is 1. The molecule has 2 aliphatic heterocycles. The van der Waals surface area contributed by atoms with Gasteiger partial charge in [0, 0.05) is 42.7 Å². The van der Waals surface area contributed by atoms with Gasteiger partial charge in [-0.05, 0) is 57.4 Å². The highest BCUT2D eigenvalue weighted by atomic mass is 16.2. The maximum atomic E-state index is 13.4. The number of aromatic amines is 1. The predicted octanol–water partition coefficient (Wildman–Crippen LogP) is 4.38. The average Bonchev–Trinajstić information content (AvgIpc) is 3.33. The first-order chi connectivity index (χ1) is 16.0. The maximum Gasteiger partial charge on any atom is 0.273 e. The number of amides is 2. The summed E-state index contributed by atoms with van der Waals surface area (Å²) in [6.45, 7) is 5.55. The van der Waals surface area contributed by atoms with Gasteiger partial charge in [-0.25, -0.2) is 0 Å². The van der Waals surface area contributed by atoms with Crippen LogP contribution < -0.4 is 0 Å². The zero-order valence-corrected chi connectivity index (χ0v) is 19.3. The summed E-state index contributed by atoms with van der Waals surface area (Å²) < 4.78 is 0. The highest BCUT2D eigenvalue weighted by Crippen LogP contribution is 2.32. The molecule has 0 bridgehead atoms. The second-order valence-electron chi connectivity index (χ2n) is 9.49. The summed E-state index contributed by atoms with van der Waals surface area (Å²) in [4.78, 5) is 35.0. The quantitative estimate of drug-likeness (QED) is 0.649. The fourth-order valence-electron chi connectivity index (χ4n) is 5.55. The van der Waals surface area contributed by atoms with Crippen molar-refractivity contribution in [2.45, 2.75) is 64.0 Å². The summed E-state index contributed by atoms with van der Waals surface area (Å²) >= 11 is 0. The maximum absolute atomic E-state index is 13.4. The zero-order valence-electron chi connectivity index (χ0n) is 19.3. The van der Waals surface area contributed by atoms with E-state index in [9.17, 15) is 9.59 Å². The van der Waals surface area contributed by atoms with E-state index < -0.39 is 0 Å². The van der Waals surface area contributed by atoms with Gasteiger partial charge in [0.2, 0.25) is 0 Å². The van der Waals surface area contributed by atoms with E-state index in [1.165, 1.54) is 6.42 Å². The standard InChI is InChI=1S/C26H31N5O2/c1-17-6-5-7-18(2)31(17)25(32)22-16-28-29-23(22)20-11-14-30(15-12-20)26(33)24-21-9-4-3-8-19(21)10-13-27-24/h3-4,8-10,13,16-18,20H,5-7,11-12,14-15H2,1-2H3,(H,28,29)/t17-,18-/m0/s1. The van der Waals surface area contributed by atoms with Crippen LogP contribution in [0, 0.1) is 0 Å². The molecule has 0 aliphatic carbocycles. The Hall–Kier alpha value is -3.22. The Balaban J connectivity index is 1.30. The van der Waals surface area contributed by atoms with Crippen LogP contribution in [-0.2, 0) is 0 Å². The second kappa shape index (κ2) is 8.96. The van der Waals surface area contributed by atoms with E-state index in [2.05, 4.69) is 29.0 Å². The molecular formula is C26H31N5O2. The van der Waals surface area contributed by atoms with Crippen molar-refractivity contribution >= 4 is 22.6 Å². The summed E-state index contributed by atoms with van der Waals surface area (Å²) in [6, 6.07) is 10.3. The van der Waals surface area contributed by atoms with Crippen molar-refractivity contribution in [2.75, 3.05) is 13.1 Å². The Labute approximate surface area is 194 Å². The summed E-state index contributed by atoms with van der Waals surface area (Å²) in [7, 11) is 0. The molecule has 1 aromatic carbocycles. The van der Waals surface area contributed by atoms with Crippen LogP contribution in [0.2, 0.25) is 0 Å². The first kappa shape index (κ1) is 21.6. The van der Waals surface area contributed by atoms with Gasteiger partial charge >= 0.3 is 0 Å². The molecule has 7 nitrogen and oxygen atoms in total. The topological polar surface area (TPSA) is 82.2 Å². The first-order valence-corrected chi connectivity index (χ1v) is 12.0. The number of nitrogens with one attached hydrogen (secondary N) is 1. The van der Waals surface area contributed by atoms with E-state index in [0.29, 0.717) is 24.3 Å². The lowest BCUT2D eigenvalue weighted by atomic mass is 9.90. The highest BCUT2D eigenvalue weighted by molar-refractivity contribution is 6.05.